The molecule has 0 aromatic heterocycles. The summed E-state index contributed by atoms with van der Waals surface area (Å²) in [5, 5.41) is 8.91. The maximum absolute atomic E-state index is 10.6. The number of hydrogen-bond acceptors (Lipinski definition) is 2. The first-order chi connectivity index (χ1) is 6.67. The van der Waals surface area contributed by atoms with Crippen LogP contribution in [0, 0.1) is 11.3 Å². The van der Waals surface area contributed by atoms with Crippen LogP contribution in [0.25, 0.3) is 0 Å². The SMILES string of the molecule is N#C[C@]1(Cl)CCC2=C(CN(C=O)C2)C1. The van der Waals surface area contributed by atoms with Crippen LogP contribution in [0.4, 0.5) is 0 Å². The fraction of sp³-hybridized carbons (Fsp3) is 0.600. The molecule has 1 atom stereocenters. The molecule has 1 heterocycles. The van der Waals surface area contributed by atoms with Gasteiger partial charge in [-0.1, -0.05) is 0 Å². The first kappa shape index (κ1) is 9.54. The van der Waals surface area contributed by atoms with E-state index in [9.17, 15) is 4.79 Å². The zero-order valence-electron chi connectivity index (χ0n) is 7.79. The van der Waals surface area contributed by atoms with E-state index in [1.54, 1.807) is 4.90 Å². The van der Waals surface area contributed by atoms with Crippen molar-refractivity contribution in [1.29, 1.82) is 5.26 Å². The number of nitrogens with zero attached hydrogens (tertiary/aromatic N) is 2. The zero-order chi connectivity index (χ0) is 10.2. The highest BCUT2D eigenvalue weighted by atomic mass is 35.5. The summed E-state index contributed by atoms with van der Waals surface area (Å²) in [5.41, 5.74) is 2.50. The van der Waals surface area contributed by atoms with Gasteiger partial charge >= 0.3 is 0 Å². The predicted molar refractivity (Wildman–Crippen MR) is 52.7 cm³/mol. The van der Waals surface area contributed by atoms with Crippen molar-refractivity contribution in [3.05, 3.63) is 11.1 Å². The Morgan fingerprint density at radius 2 is 2.21 bits per heavy atom. The molecule has 0 aromatic rings. The van der Waals surface area contributed by atoms with Crippen molar-refractivity contribution in [2.24, 2.45) is 0 Å². The lowest BCUT2D eigenvalue weighted by Crippen LogP contribution is -2.24. The summed E-state index contributed by atoms with van der Waals surface area (Å²) in [5.74, 6) is 0. The van der Waals surface area contributed by atoms with Crippen molar-refractivity contribution in [1.82, 2.24) is 4.90 Å². The maximum Gasteiger partial charge on any atom is 0.210 e. The quantitative estimate of drug-likeness (QED) is 0.374. The molecule has 1 amide bonds. The second kappa shape index (κ2) is 3.29. The number of carbonyl (C=O) groups is 1. The van der Waals surface area contributed by atoms with Gasteiger partial charge in [0.1, 0.15) is 4.87 Å². The molecule has 0 saturated heterocycles. The molecule has 2 rings (SSSR count). The van der Waals surface area contributed by atoms with Gasteiger partial charge < -0.3 is 4.90 Å². The lowest BCUT2D eigenvalue weighted by atomic mass is 9.85. The van der Waals surface area contributed by atoms with Gasteiger partial charge in [0.15, 0.2) is 0 Å². The van der Waals surface area contributed by atoms with E-state index in [1.807, 2.05) is 0 Å². The summed E-state index contributed by atoms with van der Waals surface area (Å²) >= 11 is 6.11. The van der Waals surface area contributed by atoms with Crippen LogP contribution in [0.2, 0.25) is 0 Å². The molecule has 1 aliphatic heterocycles. The molecule has 74 valence electrons. The van der Waals surface area contributed by atoms with E-state index in [-0.39, 0.29) is 0 Å². The predicted octanol–water partition coefficient (Wildman–Crippen LogP) is 1.44. The van der Waals surface area contributed by atoms with Gasteiger partial charge in [-0.05, 0) is 24.0 Å². The van der Waals surface area contributed by atoms with Gasteiger partial charge in [0, 0.05) is 19.5 Å². The summed E-state index contributed by atoms with van der Waals surface area (Å²) in [4.78, 5) is 11.6. The average Bonchev–Trinajstić information content (AvgIpc) is 2.59. The smallest absolute Gasteiger partial charge is 0.210 e. The second-order valence-electron chi connectivity index (χ2n) is 3.97. The molecule has 14 heavy (non-hydrogen) atoms. The van der Waals surface area contributed by atoms with E-state index >= 15 is 0 Å². The highest BCUT2D eigenvalue weighted by Gasteiger charge is 2.36. The molecule has 4 heteroatoms. The summed E-state index contributed by atoms with van der Waals surface area (Å²) in [6, 6.07) is 2.15. The first-order valence-electron chi connectivity index (χ1n) is 4.66. The highest BCUT2D eigenvalue weighted by Crippen LogP contribution is 2.39. The molecule has 0 radical (unpaired) electrons. The van der Waals surface area contributed by atoms with Crippen LogP contribution >= 0.6 is 11.6 Å². The van der Waals surface area contributed by atoms with Gasteiger partial charge in [-0.25, -0.2) is 0 Å². The topological polar surface area (TPSA) is 44.1 Å². The Labute approximate surface area is 87.9 Å². The Bertz CT molecular complexity index is 345. The van der Waals surface area contributed by atoms with Crippen molar-refractivity contribution >= 4 is 18.0 Å². The molecule has 1 aliphatic carbocycles. The molecular weight excluding hydrogens is 200 g/mol. The lowest BCUT2D eigenvalue weighted by Gasteiger charge is -2.25. The van der Waals surface area contributed by atoms with E-state index in [0.29, 0.717) is 19.4 Å². The molecule has 0 unspecified atom stereocenters. The molecule has 0 fully saturated rings. The number of alkyl halides is 1. The monoisotopic (exact) mass is 210 g/mol. The van der Waals surface area contributed by atoms with Crippen LogP contribution in [0.5, 0.6) is 0 Å². The fourth-order valence-electron chi connectivity index (χ4n) is 2.15. The molecule has 3 nitrogen and oxygen atoms in total. The Kier molecular flexibility index (Phi) is 2.24. The Balaban J connectivity index is 2.15. The summed E-state index contributed by atoms with van der Waals surface area (Å²) in [6.45, 7) is 1.40. The molecule has 0 bridgehead atoms. The van der Waals surface area contributed by atoms with Crippen LogP contribution in [-0.4, -0.2) is 29.3 Å². The summed E-state index contributed by atoms with van der Waals surface area (Å²) < 4.78 is 0. The number of nitriles is 1. The van der Waals surface area contributed by atoms with E-state index in [2.05, 4.69) is 6.07 Å². The van der Waals surface area contributed by atoms with Crippen LogP contribution in [0.3, 0.4) is 0 Å². The summed E-state index contributed by atoms with van der Waals surface area (Å²) in [6.07, 6.45) is 3.04. The van der Waals surface area contributed by atoms with E-state index in [0.717, 1.165) is 19.4 Å². The number of carbonyl (C=O) groups excluding carboxylic acids is 1. The Morgan fingerprint density at radius 3 is 2.86 bits per heavy atom. The Hall–Kier alpha value is -1.01. The van der Waals surface area contributed by atoms with Gasteiger partial charge in [-0.3, -0.25) is 4.79 Å². The number of rotatable bonds is 1. The van der Waals surface area contributed by atoms with Crippen molar-refractivity contribution in [3.63, 3.8) is 0 Å². The Morgan fingerprint density at radius 1 is 1.50 bits per heavy atom. The minimum absolute atomic E-state index is 0.616. The normalized spacial score (nSPS) is 31.3. The van der Waals surface area contributed by atoms with Gasteiger partial charge in [0.2, 0.25) is 6.41 Å². The van der Waals surface area contributed by atoms with Gasteiger partial charge in [-0.15, -0.1) is 11.6 Å². The molecule has 0 spiro atoms. The van der Waals surface area contributed by atoms with Crippen molar-refractivity contribution in [2.45, 2.75) is 24.1 Å². The fourth-order valence-corrected chi connectivity index (χ4v) is 2.41. The van der Waals surface area contributed by atoms with Crippen LogP contribution in [0.1, 0.15) is 19.3 Å². The van der Waals surface area contributed by atoms with Crippen molar-refractivity contribution < 1.29 is 4.79 Å². The van der Waals surface area contributed by atoms with Crippen LogP contribution < -0.4 is 0 Å². The minimum atomic E-state index is -0.724. The third-order valence-electron chi connectivity index (χ3n) is 2.95. The molecule has 0 N–H and O–H groups in total. The van der Waals surface area contributed by atoms with Crippen molar-refractivity contribution in [2.75, 3.05) is 13.1 Å². The average molecular weight is 211 g/mol. The van der Waals surface area contributed by atoms with Crippen LogP contribution in [0.15, 0.2) is 11.1 Å². The summed E-state index contributed by atoms with van der Waals surface area (Å²) in [7, 11) is 0. The van der Waals surface area contributed by atoms with Crippen LogP contribution in [-0.2, 0) is 4.79 Å². The lowest BCUT2D eigenvalue weighted by molar-refractivity contribution is -0.117. The highest BCUT2D eigenvalue weighted by molar-refractivity contribution is 6.26. The molecule has 0 saturated carbocycles. The van der Waals surface area contributed by atoms with Gasteiger partial charge in [0.05, 0.1) is 6.07 Å². The molecule has 0 aromatic carbocycles. The van der Waals surface area contributed by atoms with Gasteiger partial charge in [-0.2, -0.15) is 5.26 Å². The largest absolute Gasteiger partial charge is 0.337 e. The zero-order valence-corrected chi connectivity index (χ0v) is 8.55. The molecular formula is C10H11ClN2O. The minimum Gasteiger partial charge on any atom is -0.337 e. The standard InChI is InChI=1S/C10H11ClN2O/c11-10(6-12)2-1-8-4-13(7-14)5-9(8)3-10/h7H,1-5H2/t10-/m0/s1. The third kappa shape index (κ3) is 1.51. The van der Waals surface area contributed by atoms with E-state index in [1.165, 1.54) is 11.1 Å². The van der Waals surface area contributed by atoms with Crippen molar-refractivity contribution in [3.8, 4) is 6.07 Å². The maximum atomic E-state index is 10.6. The van der Waals surface area contributed by atoms with E-state index in [4.69, 9.17) is 16.9 Å². The third-order valence-corrected chi connectivity index (χ3v) is 3.36. The van der Waals surface area contributed by atoms with E-state index < -0.39 is 4.87 Å². The second-order valence-corrected chi connectivity index (χ2v) is 4.69. The number of amides is 1. The molecule has 2 aliphatic rings. The number of halogens is 1. The van der Waals surface area contributed by atoms with Gasteiger partial charge in [0.25, 0.3) is 0 Å². The number of hydrogen-bond donors (Lipinski definition) is 0. The first-order valence-corrected chi connectivity index (χ1v) is 5.04.